The standard InChI is InChI=1S/C22H27FN2O3/c1-3-15-28-20-10-9-17(16-21(20)27-4-2)22(26)25-13-11-24(12-14-25)19-8-6-5-7-18(19)23/h5-10,16H,3-4,11-15H2,1-2H3. The number of halogens is 1. The lowest BCUT2D eigenvalue weighted by atomic mass is 10.1. The van der Waals surface area contributed by atoms with Crippen molar-refractivity contribution in [3.8, 4) is 11.5 Å². The summed E-state index contributed by atoms with van der Waals surface area (Å²) in [6.45, 7) is 7.34. The van der Waals surface area contributed by atoms with Crippen molar-refractivity contribution in [2.45, 2.75) is 20.3 Å². The number of anilines is 1. The van der Waals surface area contributed by atoms with Gasteiger partial charge in [-0.1, -0.05) is 19.1 Å². The van der Waals surface area contributed by atoms with Crippen molar-refractivity contribution in [1.29, 1.82) is 0 Å². The maximum atomic E-state index is 14.0. The number of amides is 1. The van der Waals surface area contributed by atoms with Gasteiger partial charge < -0.3 is 19.3 Å². The van der Waals surface area contributed by atoms with Crippen LogP contribution < -0.4 is 14.4 Å². The third-order valence-electron chi connectivity index (χ3n) is 4.71. The van der Waals surface area contributed by atoms with Crippen LogP contribution in [0.4, 0.5) is 10.1 Å². The topological polar surface area (TPSA) is 42.0 Å². The van der Waals surface area contributed by atoms with Crippen LogP contribution in [0.2, 0.25) is 0 Å². The van der Waals surface area contributed by atoms with Gasteiger partial charge in [-0.15, -0.1) is 0 Å². The van der Waals surface area contributed by atoms with Crippen LogP contribution in [0.5, 0.6) is 11.5 Å². The van der Waals surface area contributed by atoms with Gasteiger partial charge in [0.15, 0.2) is 11.5 Å². The van der Waals surface area contributed by atoms with E-state index < -0.39 is 0 Å². The first kappa shape index (κ1) is 20.0. The normalized spacial score (nSPS) is 14.1. The molecule has 28 heavy (non-hydrogen) atoms. The Balaban J connectivity index is 1.67. The minimum absolute atomic E-state index is 0.0452. The minimum atomic E-state index is -0.230. The van der Waals surface area contributed by atoms with Gasteiger partial charge in [0, 0.05) is 31.7 Å². The molecule has 150 valence electrons. The molecule has 1 heterocycles. The molecule has 0 unspecified atom stereocenters. The van der Waals surface area contributed by atoms with Crippen LogP contribution in [-0.4, -0.2) is 50.2 Å². The molecule has 0 atom stereocenters. The molecule has 3 rings (SSSR count). The lowest BCUT2D eigenvalue weighted by Crippen LogP contribution is -2.49. The summed E-state index contributed by atoms with van der Waals surface area (Å²) < 4.78 is 25.3. The van der Waals surface area contributed by atoms with E-state index >= 15 is 0 Å². The van der Waals surface area contributed by atoms with Gasteiger partial charge >= 0.3 is 0 Å². The number of para-hydroxylation sites is 1. The number of carbonyl (C=O) groups is 1. The van der Waals surface area contributed by atoms with Crippen molar-refractivity contribution < 1.29 is 18.7 Å². The highest BCUT2D eigenvalue weighted by Crippen LogP contribution is 2.29. The molecule has 0 spiro atoms. The van der Waals surface area contributed by atoms with E-state index in [-0.39, 0.29) is 11.7 Å². The average Bonchev–Trinajstić information content (AvgIpc) is 2.73. The first-order chi connectivity index (χ1) is 13.6. The van der Waals surface area contributed by atoms with E-state index in [0.717, 1.165) is 6.42 Å². The van der Waals surface area contributed by atoms with Crippen molar-refractivity contribution in [2.75, 3.05) is 44.3 Å². The zero-order valence-corrected chi connectivity index (χ0v) is 16.5. The Bertz CT molecular complexity index is 804. The SMILES string of the molecule is CCCOc1ccc(C(=O)N2CCN(c3ccccc3F)CC2)cc1OCC. The number of nitrogens with zero attached hydrogens (tertiary/aromatic N) is 2. The molecule has 1 aliphatic heterocycles. The molecule has 6 heteroatoms. The predicted molar refractivity (Wildman–Crippen MR) is 108 cm³/mol. The van der Waals surface area contributed by atoms with Crippen LogP contribution in [0.25, 0.3) is 0 Å². The molecule has 1 fully saturated rings. The molecule has 1 amide bonds. The highest BCUT2D eigenvalue weighted by Gasteiger charge is 2.24. The number of hydrogen-bond donors (Lipinski definition) is 0. The first-order valence-electron chi connectivity index (χ1n) is 9.82. The van der Waals surface area contributed by atoms with Crippen molar-refractivity contribution in [3.63, 3.8) is 0 Å². The van der Waals surface area contributed by atoms with Gasteiger partial charge in [-0.05, 0) is 43.7 Å². The zero-order chi connectivity index (χ0) is 19.9. The van der Waals surface area contributed by atoms with Gasteiger partial charge in [0.2, 0.25) is 0 Å². The third-order valence-corrected chi connectivity index (χ3v) is 4.71. The van der Waals surface area contributed by atoms with Gasteiger partial charge in [0.05, 0.1) is 18.9 Å². The summed E-state index contributed by atoms with van der Waals surface area (Å²) in [4.78, 5) is 16.7. The second-order valence-electron chi connectivity index (χ2n) is 6.67. The molecule has 0 aliphatic carbocycles. The molecule has 0 bridgehead atoms. The molecule has 0 aromatic heterocycles. The van der Waals surface area contributed by atoms with Crippen LogP contribution in [0, 0.1) is 5.82 Å². The fourth-order valence-corrected chi connectivity index (χ4v) is 3.28. The molecule has 0 saturated carbocycles. The van der Waals surface area contributed by atoms with E-state index in [1.165, 1.54) is 6.07 Å². The maximum Gasteiger partial charge on any atom is 0.254 e. The van der Waals surface area contributed by atoms with Gasteiger partial charge in [0.25, 0.3) is 5.91 Å². The number of carbonyl (C=O) groups excluding carboxylic acids is 1. The fourth-order valence-electron chi connectivity index (χ4n) is 3.28. The number of rotatable bonds is 7. The van der Waals surface area contributed by atoms with E-state index in [4.69, 9.17) is 9.47 Å². The molecule has 2 aromatic rings. The summed E-state index contributed by atoms with van der Waals surface area (Å²) >= 11 is 0. The minimum Gasteiger partial charge on any atom is -0.490 e. The molecule has 5 nitrogen and oxygen atoms in total. The Labute approximate surface area is 165 Å². The van der Waals surface area contributed by atoms with Crippen LogP contribution in [-0.2, 0) is 0 Å². The fraction of sp³-hybridized carbons (Fsp3) is 0.409. The van der Waals surface area contributed by atoms with E-state index in [2.05, 4.69) is 0 Å². The highest BCUT2D eigenvalue weighted by molar-refractivity contribution is 5.95. The van der Waals surface area contributed by atoms with Crippen LogP contribution in [0.3, 0.4) is 0 Å². The second-order valence-corrected chi connectivity index (χ2v) is 6.67. The number of ether oxygens (including phenoxy) is 2. The van der Waals surface area contributed by atoms with Crippen LogP contribution >= 0.6 is 0 Å². The van der Waals surface area contributed by atoms with E-state index in [9.17, 15) is 9.18 Å². The Hall–Kier alpha value is -2.76. The molecular formula is C22H27FN2O3. The summed E-state index contributed by atoms with van der Waals surface area (Å²) in [6.07, 6.45) is 0.901. The maximum absolute atomic E-state index is 14.0. The quantitative estimate of drug-likeness (QED) is 0.722. The predicted octanol–water partition coefficient (Wildman–Crippen LogP) is 3.98. The Morgan fingerprint density at radius 2 is 1.75 bits per heavy atom. The average molecular weight is 386 g/mol. The zero-order valence-electron chi connectivity index (χ0n) is 16.5. The monoisotopic (exact) mass is 386 g/mol. The van der Waals surface area contributed by atoms with Crippen molar-refractivity contribution in [1.82, 2.24) is 4.90 Å². The smallest absolute Gasteiger partial charge is 0.254 e. The lowest BCUT2D eigenvalue weighted by molar-refractivity contribution is 0.0746. The van der Waals surface area contributed by atoms with E-state index in [1.807, 2.05) is 24.8 Å². The Morgan fingerprint density at radius 3 is 2.43 bits per heavy atom. The van der Waals surface area contributed by atoms with Gasteiger partial charge in [-0.25, -0.2) is 4.39 Å². The summed E-state index contributed by atoms with van der Waals surface area (Å²) in [6, 6.07) is 12.1. The summed E-state index contributed by atoms with van der Waals surface area (Å²) in [5, 5.41) is 0. The molecule has 2 aromatic carbocycles. The van der Waals surface area contributed by atoms with Crippen molar-refractivity contribution >= 4 is 11.6 Å². The summed E-state index contributed by atoms with van der Waals surface area (Å²) in [5.74, 6) is 0.971. The highest BCUT2D eigenvalue weighted by atomic mass is 19.1. The van der Waals surface area contributed by atoms with Gasteiger partial charge in [-0.2, -0.15) is 0 Å². The lowest BCUT2D eigenvalue weighted by Gasteiger charge is -2.36. The van der Waals surface area contributed by atoms with Crippen LogP contribution in [0.1, 0.15) is 30.6 Å². The largest absolute Gasteiger partial charge is 0.490 e. The van der Waals surface area contributed by atoms with E-state index in [0.29, 0.717) is 62.1 Å². The van der Waals surface area contributed by atoms with Crippen molar-refractivity contribution in [2.24, 2.45) is 0 Å². The van der Waals surface area contributed by atoms with Crippen molar-refractivity contribution in [3.05, 3.63) is 53.8 Å². The molecular weight excluding hydrogens is 359 g/mol. The van der Waals surface area contributed by atoms with E-state index in [1.54, 1.807) is 35.2 Å². The molecule has 0 radical (unpaired) electrons. The van der Waals surface area contributed by atoms with Crippen LogP contribution in [0.15, 0.2) is 42.5 Å². The number of piperazine rings is 1. The van der Waals surface area contributed by atoms with Gasteiger partial charge in [-0.3, -0.25) is 4.79 Å². The summed E-state index contributed by atoms with van der Waals surface area (Å²) in [5.41, 5.74) is 1.16. The first-order valence-corrected chi connectivity index (χ1v) is 9.82. The summed E-state index contributed by atoms with van der Waals surface area (Å²) in [7, 11) is 0. The molecule has 0 N–H and O–H groups in total. The third kappa shape index (κ3) is 4.55. The molecule has 1 aliphatic rings. The Kier molecular flexibility index (Phi) is 6.74. The number of benzene rings is 2. The second kappa shape index (κ2) is 9.44. The number of hydrogen-bond acceptors (Lipinski definition) is 4. The Morgan fingerprint density at radius 1 is 1.00 bits per heavy atom. The molecule has 1 saturated heterocycles. The van der Waals surface area contributed by atoms with Gasteiger partial charge in [0.1, 0.15) is 5.82 Å².